The molecule has 0 heterocycles. The molecule has 0 bridgehead atoms. The van der Waals surface area contributed by atoms with Crippen molar-refractivity contribution in [2.75, 3.05) is 13.2 Å². The lowest BCUT2D eigenvalue weighted by Crippen LogP contribution is -2.31. The van der Waals surface area contributed by atoms with E-state index in [0.717, 1.165) is 12.8 Å². The summed E-state index contributed by atoms with van der Waals surface area (Å²) in [6, 6.07) is 0. The van der Waals surface area contributed by atoms with Gasteiger partial charge >= 0.3 is 0 Å². The van der Waals surface area contributed by atoms with E-state index in [2.05, 4.69) is 0 Å². The van der Waals surface area contributed by atoms with Crippen LogP contribution in [0.15, 0.2) is 11.6 Å². The summed E-state index contributed by atoms with van der Waals surface area (Å²) in [4.78, 5) is 0. The van der Waals surface area contributed by atoms with Gasteiger partial charge in [0.1, 0.15) is 6.10 Å². The highest BCUT2D eigenvalue weighted by molar-refractivity contribution is 5.08. The minimum atomic E-state index is -0.403. The summed E-state index contributed by atoms with van der Waals surface area (Å²) in [7, 11) is 0. The zero-order chi connectivity index (χ0) is 8.97. The Labute approximate surface area is 72.7 Å². The zero-order valence-corrected chi connectivity index (χ0v) is 7.36. The molecule has 0 amide bonds. The summed E-state index contributed by atoms with van der Waals surface area (Å²) in [5.74, 6) is 0. The number of aliphatic hydroxyl groups excluding tert-OH is 2. The molecule has 0 aromatic carbocycles. The maximum atomic E-state index is 9.46. The fraction of sp³-hybridized carbons (Fsp3) is 0.778. The molecule has 0 fully saturated rings. The topological polar surface area (TPSA) is 49.7 Å². The van der Waals surface area contributed by atoms with Gasteiger partial charge in [0.2, 0.25) is 0 Å². The third kappa shape index (κ3) is 2.59. The van der Waals surface area contributed by atoms with Crippen LogP contribution < -0.4 is 0 Å². The van der Waals surface area contributed by atoms with Crippen LogP contribution in [-0.2, 0) is 4.74 Å². The standard InChI is InChI=1S/C9H16O3/c1-7-2-3-8(11)9(6-7)12-5-4-10/h6,8-11H,2-5H2,1H3. The van der Waals surface area contributed by atoms with Gasteiger partial charge in [0.25, 0.3) is 0 Å². The van der Waals surface area contributed by atoms with Crippen LogP contribution in [0, 0.1) is 0 Å². The molecule has 70 valence electrons. The minimum Gasteiger partial charge on any atom is -0.394 e. The molecule has 1 rings (SSSR count). The number of rotatable bonds is 3. The molecule has 0 saturated carbocycles. The van der Waals surface area contributed by atoms with E-state index in [1.54, 1.807) is 0 Å². The van der Waals surface area contributed by atoms with Crippen molar-refractivity contribution in [1.82, 2.24) is 0 Å². The van der Waals surface area contributed by atoms with Crippen molar-refractivity contribution in [2.45, 2.75) is 32.0 Å². The summed E-state index contributed by atoms with van der Waals surface area (Å²) in [5.41, 5.74) is 1.25. The van der Waals surface area contributed by atoms with Crippen molar-refractivity contribution in [1.29, 1.82) is 0 Å². The molecule has 3 heteroatoms. The van der Waals surface area contributed by atoms with E-state index < -0.39 is 6.10 Å². The fourth-order valence-corrected chi connectivity index (χ4v) is 1.36. The van der Waals surface area contributed by atoms with Crippen molar-refractivity contribution >= 4 is 0 Å². The van der Waals surface area contributed by atoms with Crippen molar-refractivity contribution in [2.24, 2.45) is 0 Å². The van der Waals surface area contributed by atoms with E-state index in [-0.39, 0.29) is 12.7 Å². The first kappa shape index (κ1) is 9.71. The highest BCUT2D eigenvalue weighted by atomic mass is 16.5. The van der Waals surface area contributed by atoms with Gasteiger partial charge in [-0.25, -0.2) is 0 Å². The number of aliphatic hydroxyl groups is 2. The van der Waals surface area contributed by atoms with Gasteiger partial charge < -0.3 is 14.9 Å². The van der Waals surface area contributed by atoms with Gasteiger partial charge in [0.15, 0.2) is 0 Å². The quantitative estimate of drug-likeness (QED) is 0.608. The molecule has 12 heavy (non-hydrogen) atoms. The summed E-state index contributed by atoms with van der Waals surface area (Å²) in [6.45, 7) is 2.34. The molecule has 1 aliphatic carbocycles. The zero-order valence-electron chi connectivity index (χ0n) is 7.36. The molecular weight excluding hydrogens is 156 g/mol. The fourth-order valence-electron chi connectivity index (χ4n) is 1.36. The van der Waals surface area contributed by atoms with E-state index >= 15 is 0 Å². The monoisotopic (exact) mass is 172 g/mol. The van der Waals surface area contributed by atoms with Gasteiger partial charge in [-0.15, -0.1) is 0 Å². The second-order valence-electron chi connectivity index (χ2n) is 3.18. The normalized spacial score (nSPS) is 30.1. The Hall–Kier alpha value is -0.380. The lowest BCUT2D eigenvalue weighted by molar-refractivity contribution is -0.0288. The largest absolute Gasteiger partial charge is 0.394 e. The molecule has 0 saturated heterocycles. The van der Waals surface area contributed by atoms with Crippen LogP contribution in [0.3, 0.4) is 0 Å². The molecule has 0 aromatic heterocycles. The van der Waals surface area contributed by atoms with E-state index in [1.807, 2.05) is 13.0 Å². The van der Waals surface area contributed by atoms with E-state index in [0.29, 0.717) is 6.61 Å². The van der Waals surface area contributed by atoms with E-state index in [9.17, 15) is 5.11 Å². The van der Waals surface area contributed by atoms with E-state index in [4.69, 9.17) is 9.84 Å². The van der Waals surface area contributed by atoms with Gasteiger partial charge in [-0.3, -0.25) is 0 Å². The first-order valence-electron chi connectivity index (χ1n) is 4.32. The van der Waals surface area contributed by atoms with Crippen LogP contribution in [0.4, 0.5) is 0 Å². The highest BCUT2D eigenvalue weighted by Crippen LogP contribution is 2.19. The van der Waals surface area contributed by atoms with Gasteiger partial charge in [-0.05, 0) is 19.8 Å². The second-order valence-corrected chi connectivity index (χ2v) is 3.18. The molecule has 2 atom stereocenters. The SMILES string of the molecule is CC1=CC(OCCO)C(O)CC1. The molecule has 2 unspecified atom stereocenters. The Balaban J connectivity index is 2.43. The van der Waals surface area contributed by atoms with Gasteiger partial charge in [-0.1, -0.05) is 11.6 Å². The van der Waals surface area contributed by atoms with Crippen LogP contribution >= 0.6 is 0 Å². The molecular formula is C9H16O3. The van der Waals surface area contributed by atoms with Gasteiger partial charge in [-0.2, -0.15) is 0 Å². The minimum absolute atomic E-state index is 0.0100. The maximum absolute atomic E-state index is 9.46. The van der Waals surface area contributed by atoms with Crippen LogP contribution in [0.1, 0.15) is 19.8 Å². The van der Waals surface area contributed by atoms with Crippen LogP contribution in [0.5, 0.6) is 0 Å². The molecule has 1 aliphatic rings. The number of hydrogen-bond donors (Lipinski definition) is 2. The van der Waals surface area contributed by atoms with Crippen LogP contribution in [0.2, 0.25) is 0 Å². The molecule has 0 aliphatic heterocycles. The lowest BCUT2D eigenvalue weighted by atomic mass is 9.96. The number of ether oxygens (including phenoxy) is 1. The predicted molar refractivity (Wildman–Crippen MR) is 45.8 cm³/mol. The van der Waals surface area contributed by atoms with Crippen molar-refractivity contribution in [3.05, 3.63) is 11.6 Å². The maximum Gasteiger partial charge on any atom is 0.102 e. The molecule has 3 nitrogen and oxygen atoms in total. The Morgan fingerprint density at radius 3 is 3.08 bits per heavy atom. The summed E-state index contributed by atoms with van der Waals surface area (Å²) < 4.78 is 5.24. The Morgan fingerprint density at radius 1 is 1.67 bits per heavy atom. The Bertz CT molecular complexity index is 165. The average Bonchev–Trinajstić information content (AvgIpc) is 2.07. The molecule has 2 N–H and O–H groups in total. The first-order chi connectivity index (χ1) is 5.74. The van der Waals surface area contributed by atoms with Crippen molar-refractivity contribution in [3.63, 3.8) is 0 Å². The first-order valence-corrected chi connectivity index (χ1v) is 4.32. The molecule has 0 aromatic rings. The lowest BCUT2D eigenvalue weighted by Gasteiger charge is -2.25. The molecule has 0 radical (unpaired) electrons. The van der Waals surface area contributed by atoms with Crippen LogP contribution in [-0.4, -0.2) is 35.6 Å². The van der Waals surface area contributed by atoms with Gasteiger partial charge in [0.05, 0.1) is 19.3 Å². The summed E-state index contributed by atoms with van der Waals surface area (Å²) in [5, 5.41) is 18.0. The van der Waals surface area contributed by atoms with Crippen LogP contribution in [0.25, 0.3) is 0 Å². The predicted octanol–water partition coefficient (Wildman–Crippen LogP) is 0.465. The number of hydrogen-bond acceptors (Lipinski definition) is 3. The number of allylic oxidation sites excluding steroid dienone is 1. The third-order valence-corrected chi connectivity index (χ3v) is 2.06. The highest BCUT2D eigenvalue weighted by Gasteiger charge is 2.21. The summed E-state index contributed by atoms with van der Waals surface area (Å²) in [6.07, 6.45) is 3.02. The second kappa shape index (κ2) is 4.60. The van der Waals surface area contributed by atoms with E-state index in [1.165, 1.54) is 5.57 Å². The molecule has 0 spiro atoms. The Kier molecular flexibility index (Phi) is 3.72. The Morgan fingerprint density at radius 2 is 2.42 bits per heavy atom. The average molecular weight is 172 g/mol. The smallest absolute Gasteiger partial charge is 0.102 e. The third-order valence-electron chi connectivity index (χ3n) is 2.06. The van der Waals surface area contributed by atoms with Crippen molar-refractivity contribution in [3.8, 4) is 0 Å². The summed E-state index contributed by atoms with van der Waals surface area (Å²) >= 11 is 0. The van der Waals surface area contributed by atoms with Gasteiger partial charge in [0, 0.05) is 0 Å². The van der Waals surface area contributed by atoms with Crippen molar-refractivity contribution < 1.29 is 14.9 Å².